The van der Waals surface area contributed by atoms with Gasteiger partial charge in [0.05, 0.1) is 12.1 Å². The first kappa shape index (κ1) is 22.6. The van der Waals surface area contributed by atoms with Crippen molar-refractivity contribution >= 4 is 23.4 Å². The Morgan fingerprint density at radius 2 is 1.58 bits per heavy atom. The number of nitrogens with zero attached hydrogens (tertiary/aromatic N) is 1. The van der Waals surface area contributed by atoms with Gasteiger partial charge in [-0.25, -0.2) is 0 Å². The minimum absolute atomic E-state index is 0.141. The third-order valence-electron chi connectivity index (χ3n) is 5.79. The number of ether oxygens (including phenoxy) is 1. The van der Waals surface area contributed by atoms with Crippen molar-refractivity contribution in [3.05, 3.63) is 93.4 Å². The molecule has 2 aromatic carbocycles. The van der Waals surface area contributed by atoms with Crippen LogP contribution in [-0.2, 0) is 0 Å². The standard InChI is InChI=1S/C25H24ClN3O4/c1-33-22-15-17(10-13-19(22)26)25(32)28-21-6-4-5-20(21)27-24(31)16-8-11-18(12-9-16)29-14-3-2-7-23(29)30/h2-3,7-15,20-21H,4-6H2,1H3,(H,27,31)(H,28,32)/t20-,21+/m0/s1. The number of carbonyl (C=O) groups excluding carboxylic acids is 2. The quantitative estimate of drug-likeness (QED) is 0.582. The lowest BCUT2D eigenvalue weighted by Gasteiger charge is -2.22. The Balaban J connectivity index is 1.41. The van der Waals surface area contributed by atoms with Gasteiger partial charge in [0.15, 0.2) is 0 Å². The summed E-state index contributed by atoms with van der Waals surface area (Å²) >= 11 is 6.04. The van der Waals surface area contributed by atoms with Crippen molar-refractivity contribution in [2.45, 2.75) is 31.3 Å². The fourth-order valence-electron chi connectivity index (χ4n) is 4.02. The molecule has 1 fully saturated rings. The first-order valence-electron chi connectivity index (χ1n) is 10.7. The van der Waals surface area contributed by atoms with Crippen molar-refractivity contribution in [2.75, 3.05) is 7.11 Å². The highest BCUT2D eigenvalue weighted by molar-refractivity contribution is 6.32. The van der Waals surface area contributed by atoms with Gasteiger partial charge in [0, 0.05) is 41.2 Å². The zero-order chi connectivity index (χ0) is 23.4. The van der Waals surface area contributed by atoms with E-state index in [0.29, 0.717) is 27.6 Å². The average molecular weight is 466 g/mol. The van der Waals surface area contributed by atoms with Crippen LogP contribution in [0.1, 0.15) is 40.0 Å². The summed E-state index contributed by atoms with van der Waals surface area (Å²) in [5.74, 6) is -0.0307. The van der Waals surface area contributed by atoms with Crippen molar-refractivity contribution < 1.29 is 14.3 Å². The second-order valence-electron chi connectivity index (χ2n) is 7.90. The van der Waals surface area contributed by atoms with Crippen LogP contribution in [0.15, 0.2) is 71.7 Å². The number of nitrogens with one attached hydrogen (secondary N) is 2. The summed E-state index contributed by atoms with van der Waals surface area (Å²) in [4.78, 5) is 37.5. The molecule has 3 aromatic rings. The Hall–Kier alpha value is -3.58. The lowest BCUT2D eigenvalue weighted by Crippen LogP contribution is -2.48. The Kier molecular flexibility index (Phi) is 6.79. The molecule has 4 rings (SSSR count). The van der Waals surface area contributed by atoms with Gasteiger partial charge in [-0.05, 0) is 67.8 Å². The molecule has 0 radical (unpaired) electrons. The van der Waals surface area contributed by atoms with Gasteiger partial charge >= 0.3 is 0 Å². The van der Waals surface area contributed by atoms with Crippen LogP contribution < -0.4 is 20.9 Å². The van der Waals surface area contributed by atoms with Crippen molar-refractivity contribution in [3.63, 3.8) is 0 Å². The van der Waals surface area contributed by atoms with E-state index in [0.717, 1.165) is 19.3 Å². The van der Waals surface area contributed by atoms with E-state index in [1.807, 2.05) is 0 Å². The first-order valence-corrected chi connectivity index (χ1v) is 11.1. The molecule has 0 spiro atoms. The summed E-state index contributed by atoms with van der Waals surface area (Å²) in [7, 11) is 1.50. The van der Waals surface area contributed by atoms with Crippen LogP contribution in [0.4, 0.5) is 0 Å². The smallest absolute Gasteiger partial charge is 0.255 e. The SMILES string of the molecule is COc1cc(C(=O)N[C@@H]2CCC[C@@H]2NC(=O)c2ccc(-n3ccccc3=O)cc2)ccc1Cl. The minimum atomic E-state index is -0.242. The minimum Gasteiger partial charge on any atom is -0.495 e. The van der Waals surface area contributed by atoms with Crippen LogP contribution in [0.25, 0.3) is 5.69 Å². The molecule has 0 bridgehead atoms. The number of pyridine rings is 1. The van der Waals surface area contributed by atoms with Gasteiger partial charge in [0.2, 0.25) is 0 Å². The number of hydrogen-bond donors (Lipinski definition) is 2. The van der Waals surface area contributed by atoms with Crippen LogP contribution in [0, 0.1) is 0 Å². The predicted octanol–water partition coefficient (Wildman–Crippen LogP) is 3.58. The van der Waals surface area contributed by atoms with Crippen LogP contribution >= 0.6 is 11.6 Å². The third kappa shape index (κ3) is 5.09. The van der Waals surface area contributed by atoms with E-state index in [-0.39, 0.29) is 29.5 Å². The van der Waals surface area contributed by atoms with Crippen molar-refractivity contribution in [1.29, 1.82) is 0 Å². The molecule has 1 aliphatic carbocycles. The molecule has 1 saturated carbocycles. The van der Waals surface area contributed by atoms with Crippen molar-refractivity contribution in [2.24, 2.45) is 0 Å². The van der Waals surface area contributed by atoms with Crippen LogP contribution in [-0.4, -0.2) is 35.6 Å². The normalized spacial score (nSPS) is 17.4. The monoisotopic (exact) mass is 465 g/mol. The molecule has 170 valence electrons. The summed E-state index contributed by atoms with van der Waals surface area (Å²) in [6.45, 7) is 0. The number of methoxy groups -OCH3 is 1. The Morgan fingerprint density at radius 3 is 2.21 bits per heavy atom. The highest BCUT2D eigenvalue weighted by Gasteiger charge is 2.30. The zero-order valence-corrected chi connectivity index (χ0v) is 18.8. The van der Waals surface area contributed by atoms with E-state index in [9.17, 15) is 14.4 Å². The molecule has 33 heavy (non-hydrogen) atoms. The van der Waals surface area contributed by atoms with Crippen LogP contribution in [0.3, 0.4) is 0 Å². The number of amides is 2. The topological polar surface area (TPSA) is 89.4 Å². The van der Waals surface area contributed by atoms with Gasteiger partial charge in [-0.15, -0.1) is 0 Å². The number of aromatic nitrogens is 1. The summed E-state index contributed by atoms with van der Waals surface area (Å²) in [5.41, 5.74) is 1.47. The maximum Gasteiger partial charge on any atom is 0.255 e. The van der Waals surface area contributed by atoms with E-state index in [2.05, 4.69) is 10.6 Å². The van der Waals surface area contributed by atoms with Gasteiger partial charge in [-0.2, -0.15) is 0 Å². The molecule has 8 heteroatoms. The molecule has 2 atom stereocenters. The number of carbonyl (C=O) groups is 2. The fraction of sp³-hybridized carbons (Fsp3) is 0.240. The van der Waals surface area contributed by atoms with Gasteiger partial charge in [0.1, 0.15) is 5.75 Å². The molecular formula is C25H24ClN3O4. The molecule has 1 aliphatic rings. The van der Waals surface area contributed by atoms with Crippen molar-refractivity contribution in [1.82, 2.24) is 15.2 Å². The maximum atomic E-state index is 12.8. The highest BCUT2D eigenvalue weighted by atomic mass is 35.5. The molecule has 0 unspecified atom stereocenters. The summed E-state index contributed by atoms with van der Waals surface area (Å²) < 4.78 is 6.69. The number of halogens is 1. The number of hydrogen-bond acceptors (Lipinski definition) is 4. The lowest BCUT2D eigenvalue weighted by atomic mass is 10.1. The average Bonchev–Trinajstić information content (AvgIpc) is 3.26. The number of rotatable bonds is 6. The Bertz CT molecular complexity index is 1220. The second-order valence-corrected chi connectivity index (χ2v) is 8.30. The van der Waals surface area contributed by atoms with Crippen LogP contribution in [0.2, 0.25) is 5.02 Å². The molecule has 2 N–H and O–H groups in total. The lowest BCUT2D eigenvalue weighted by molar-refractivity contribution is 0.0891. The van der Waals surface area contributed by atoms with E-state index < -0.39 is 0 Å². The van der Waals surface area contributed by atoms with Gasteiger partial charge < -0.3 is 15.4 Å². The second kappa shape index (κ2) is 9.92. The van der Waals surface area contributed by atoms with E-state index in [1.165, 1.54) is 17.7 Å². The molecule has 1 heterocycles. The first-order chi connectivity index (χ1) is 16.0. The summed E-state index contributed by atoms with van der Waals surface area (Å²) in [6.07, 6.45) is 4.13. The summed E-state index contributed by atoms with van der Waals surface area (Å²) in [5, 5.41) is 6.49. The molecule has 0 saturated heterocycles. The van der Waals surface area contributed by atoms with E-state index in [4.69, 9.17) is 16.3 Å². The maximum absolute atomic E-state index is 12.8. The van der Waals surface area contributed by atoms with E-state index in [1.54, 1.807) is 60.8 Å². The summed E-state index contributed by atoms with van der Waals surface area (Å²) in [6, 6.07) is 16.3. The van der Waals surface area contributed by atoms with E-state index >= 15 is 0 Å². The molecule has 7 nitrogen and oxygen atoms in total. The van der Waals surface area contributed by atoms with Crippen LogP contribution in [0.5, 0.6) is 5.75 Å². The molecule has 1 aromatic heterocycles. The Morgan fingerprint density at radius 1 is 0.939 bits per heavy atom. The van der Waals surface area contributed by atoms with Gasteiger partial charge in [-0.3, -0.25) is 19.0 Å². The zero-order valence-electron chi connectivity index (χ0n) is 18.1. The molecule has 0 aliphatic heterocycles. The van der Waals surface area contributed by atoms with Gasteiger partial charge in [0.25, 0.3) is 17.4 Å². The fourth-order valence-corrected chi connectivity index (χ4v) is 4.22. The van der Waals surface area contributed by atoms with Gasteiger partial charge in [-0.1, -0.05) is 17.7 Å². The molecule has 2 amide bonds. The Labute approximate surface area is 196 Å². The van der Waals surface area contributed by atoms with Crippen molar-refractivity contribution in [3.8, 4) is 11.4 Å². The number of benzene rings is 2. The third-order valence-corrected chi connectivity index (χ3v) is 6.10. The highest BCUT2D eigenvalue weighted by Crippen LogP contribution is 2.26. The predicted molar refractivity (Wildman–Crippen MR) is 126 cm³/mol. The molecular weight excluding hydrogens is 442 g/mol. The largest absolute Gasteiger partial charge is 0.495 e.